The molecule has 0 spiro atoms. The van der Waals surface area contributed by atoms with Crippen LogP contribution in [0.5, 0.6) is 5.88 Å². The summed E-state index contributed by atoms with van der Waals surface area (Å²) in [6.45, 7) is 4.26. The van der Waals surface area contributed by atoms with Crippen molar-refractivity contribution >= 4 is 11.7 Å². The smallest absolute Gasteiger partial charge is 0.352 e. The Bertz CT molecular complexity index is 981. The Balaban J connectivity index is 1.76. The fourth-order valence-corrected chi connectivity index (χ4v) is 2.93. The summed E-state index contributed by atoms with van der Waals surface area (Å²) >= 11 is 0. The molecule has 1 heterocycles. The van der Waals surface area contributed by atoms with Crippen molar-refractivity contribution in [3.63, 3.8) is 0 Å². The highest BCUT2D eigenvalue weighted by molar-refractivity contribution is 5.91. The van der Waals surface area contributed by atoms with Gasteiger partial charge in [0.25, 0.3) is 0 Å². The topological polar surface area (TPSA) is 103 Å². The predicted octanol–water partition coefficient (Wildman–Crippen LogP) is 2.93. The Labute approximate surface area is 170 Å². The average molecular weight is 394 g/mol. The normalized spacial score (nSPS) is 10.7. The zero-order chi connectivity index (χ0) is 21.0. The lowest BCUT2D eigenvalue weighted by atomic mass is 10.1. The van der Waals surface area contributed by atoms with Gasteiger partial charge in [0.2, 0.25) is 5.88 Å². The number of urea groups is 1. The predicted molar refractivity (Wildman–Crippen MR) is 112 cm³/mol. The van der Waals surface area contributed by atoms with Gasteiger partial charge in [-0.15, -0.1) is 5.10 Å². The van der Waals surface area contributed by atoms with Crippen LogP contribution in [0.25, 0.3) is 5.69 Å². The molecule has 0 aliphatic carbocycles. The van der Waals surface area contributed by atoms with Crippen LogP contribution in [-0.2, 0) is 13.0 Å². The van der Waals surface area contributed by atoms with Crippen LogP contribution in [-0.4, -0.2) is 27.9 Å². The van der Waals surface area contributed by atoms with Gasteiger partial charge >= 0.3 is 6.03 Å². The van der Waals surface area contributed by atoms with Gasteiger partial charge in [-0.25, -0.2) is 26.2 Å². The van der Waals surface area contributed by atoms with Crippen LogP contribution in [0, 0.1) is 6.92 Å². The van der Waals surface area contributed by atoms with Crippen molar-refractivity contribution in [2.75, 3.05) is 12.1 Å². The first-order chi connectivity index (χ1) is 13.9. The second-order valence-electron chi connectivity index (χ2n) is 6.74. The summed E-state index contributed by atoms with van der Waals surface area (Å²) in [5.41, 5.74) is 4.49. The number of nitrogens with zero attached hydrogens (tertiary/aromatic N) is 4. The number of ether oxygens (including phenoxy) is 1. The molecular weight excluding hydrogens is 368 g/mol. The van der Waals surface area contributed by atoms with Crippen LogP contribution >= 0.6 is 0 Å². The van der Waals surface area contributed by atoms with E-state index in [1.807, 2.05) is 37.4 Å². The van der Waals surface area contributed by atoms with Gasteiger partial charge in [-0.3, -0.25) is 5.01 Å². The van der Waals surface area contributed by atoms with Crippen molar-refractivity contribution in [3.05, 3.63) is 71.4 Å². The second-order valence-corrected chi connectivity index (χ2v) is 6.74. The molecule has 0 bridgehead atoms. The minimum Gasteiger partial charge on any atom is -0.472 e. The molecule has 0 saturated carbocycles. The van der Waals surface area contributed by atoms with Crippen LogP contribution in [0.2, 0.25) is 0 Å². The Hall–Kier alpha value is -3.36. The van der Waals surface area contributed by atoms with Crippen LogP contribution < -0.4 is 21.4 Å². The molecule has 0 fully saturated rings. The molecule has 1 aromatic heterocycles. The molecule has 2 amide bonds. The van der Waals surface area contributed by atoms with Crippen molar-refractivity contribution in [1.82, 2.24) is 14.8 Å². The molecular formula is C21H26N6O2. The molecule has 4 N–H and O–H groups in total. The maximum Gasteiger partial charge on any atom is 0.352 e. The molecule has 8 heteroatoms. The Morgan fingerprint density at radius 2 is 1.86 bits per heavy atom. The van der Waals surface area contributed by atoms with E-state index in [2.05, 4.69) is 24.2 Å². The minimum atomic E-state index is -0.531. The van der Waals surface area contributed by atoms with Crippen LogP contribution in [0.15, 0.2) is 54.7 Å². The first-order valence-corrected chi connectivity index (χ1v) is 9.34. The lowest BCUT2D eigenvalue weighted by Gasteiger charge is -2.24. The average Bonchev–Trinajstić information content (AvgIpc) is 3.20. The third-order valence-electron chi connectivity index (χ3n) is 4.69. The van der Waals surface area contributed by atoms with E-state index in [0.29, 0.717) is 11.6 Å². The number of aromatic nitrogens is 2. The molecule has 2 aromatic carbocycles. The van der Waals surface area contributed by atoms with E-state index in [-0.39, 0.29) is 6.61 Å². The SMILES string of the molecule is CCc1ccc(-n2ccc(OCc3c(C)cccc3N(N)C(=O)N(C)N)n2)cc1. The number of aryl methyl sites for hydroxylation is 2. The summed E-state index contributed by atoms with van der Waals surface area (Å²) in [5, 5.41) is 6.42. The van der Waals surface area contributed by atoms with Gasteiger partial charge in [-0.2, -0.15) is 0 Å². The summed E-state index contributed by atoms with van der Waals surface area (Å²) in [6, 6.07) is 15.0. The van der Waals surface area contributed by atoms with E-state index in [1.54, 1.807) is 16.8 Å². The maximum absolute atomic E-state index is 12.1. The first-order valence-electron chi connectivity index (χ1n) is 9.34. The molecule has 0 aliphatic heterocycles. The van der Waals surface area contributed by atoms with Crippen molar-refractivity contribution in [2.24, 2.45) is 11.7 Å². The summed E-state index contributed by atoms with van der Waals surface area (Å²) in [6.07, 6.45) is 2.84. The van der Waals surface area contributed by atoms with Crippen LogP contribution in [0.4, 0.5) is 10.5 Å². The van der Waals surface area contributed by atoms with E-state index in [4.69, 9.17) is 16.4 Å². The quantitative estimate of drug-likeness (QED) is 0.380. The molecule has 0 radical (unpaired) electrons. The van der Waals surface area contributed by atoms with Crippen molar-refractivity contribution in [1.29, 1.82) is 0 Å². The van der Waals surface area contributed by atoms with Gasteiger partial charge in [0, 0.05) is 24.9 Å². The molecule has 0 saturated heterocycles. The number of carbonyl (C=O) groups is 1. The molecule has 152 valence electrons. The second kappa shape index (κ2) is 8.76. The minimum absolute atomic E-state index is 0.211. The number of rotatable bonds is 6. The monoisotopic (exact) mass is 394 g/mol. The van der Waals surface area contributed by atoms with Crippen molar-refractivity contribution in [3.8, 4) is 11.6 Å². The Morgan fingerprint density at radius 3 is 2.52 bits per heavy atom. The van der Waals surface area contributed by atoms with Crippen molar-refractivity contribution < 1.29 is 9.53 Å². The number of hydrogen-bond acceptors (Lipinski definition) is 5. The van der Waals surface area contributed by atoms with Gasteiger partial charge in [0.1, 0.15) is 6.61 Å². The van der Waals surface area contributed by atoms with Crippen LogP contribution in [0.1, 0.15) is 23.6 Å². The molecule has 8 nitrogen and oxygen atoms in total. The summed E-state index contributed by atoms with van der Waals surface area (Å²) in [4.78, 5) is 12.1. The van der Waals surface area contributed by atoms with E-state index in [9.17, 15) is 4.79 Å². The zero-order valence-electron chi connectivity index (χ0n) is 16.9. The summed E-state index contributed by atoms with van der Waals surface area (Å²) < 4.78 is 7.64. The highest BCUT2D eigenvalue weighted by atomic mass is 16.5. The lowest BCUT2D eigenvalue weighted by molar-refractivity contribution is 0.216. The van der Waals surface area contributed by atoms with Gasteiger partial charge in [-0.05, 0) is 42.7 Å². The lowest BCUT2D eigenvalue weighted by Crippen LogP contribution is -2.49. The number of hydrogen-bond donors (Lipinski definition) is 2. The first kappa shape index (κ1) is 20.4. The highest BCUT2D eigenvalue weighted by Gasteiger charge is 2.19. The zero-order valence-corrected chi connectivity index (χ0v) is 16.9. The number of nitrogens with two attached hydrogens (primary N) is 2. The Morgan fingerprint density at radius 1 is 1.14 bits per heavy atom. The third-order valence-corrected chi connectivity index (χ3v) is 4.69. The van der Waals surface area contributed by atoms with Gasteiger partial charge < -0.3 is 4.74 Å². The molecule has 0 atom stereocenters. The van der Waals surface area contributed by atoms with Crippen LogP contribution in [0.3, 0.4) is 0 Å². The maximum atomic E-state index is 12.1. The van der Waals surface area contributed by atoms with E-state index in [1.165, 1.54) is 12.6 Å². The standard InChI is InChI=1S/C21H26N6O2/c1-4-16-8-10-17(11-9-16)26-13-12-20(24-26)29-14-18-15(2)6-5-7-19(18)27(23)21(28)25(3)22/h5-13H,4,14,22-23H2,1-3H3. The molecule has 0 aliphatic rings. The largest absolute Gasteiger partial charge is 0.472 e. The fourth-order valence-electron chi connectivity index (χ4n) is 2.93. The molecule has 0 unspecified atom stereocenters. The number of hydrazine groups is 2. The third kappa shape index (κ3) is 4.56. The van der Waals surface area contributed by atoms with Gasteiger partial charge in [-0.1, -0.05) is 31.2 Å². The van der Waals surface area contributed by atoms with Crippen molar-refractivity contribution in [2.45, 2.75) is 26.9 Å². The summed E-state index contributed by atoms with van der Waals surface area (Å²) in [5.74, 6) is 12.0. The van der Waals surface area contributed by atoms with Gasteiger partial charge in [0.15, 0.2) is 0 Å². The number of carbonyl (C=O) groups excluding carboxylic acids is 1. The van der Waals surface area contributed by atoms with E-state index >= 15 is 0 Å². The van der Waals surface area contributed by atoms with Gasteiger partial charge in [0.05, 0.1) is 11.4 Å². The Kier molecular flexibility index (Phi) is 6.16. The number of anilines is 1. The molecule has 3 rings (SSSR count). The summed E-state index contributed by atoms with van der Waals surface area (Å²) in [7, 11) is 1.44. The molecule has 3 aromatic rings. The molecule has 29 heavy (non-hydrogen) atoms. The fraction of sp³-hybridized carbons (Fsp3) is 0.238. The van der Waals surface area contributed by atoms with E-state index < -0.39 is 6.03 Å². The highest BCUT2D eigenvalue weighted by Crippen LogP contribution is 2.24. The van der Waals surface area contributed by atoms with E-state index in [0.717, 1.165) is 33.3 Å². The number of benzene rings is 2. The number of amides is 2.